The van der Waals surface area contributed by atoms with Crippen LogP contribution in [0.1, 0.15) is 56.8 Å². The van der Waals surface area contributed by atoms with E-state index in [1.54, 1.807) is 23.1 Å². The molecule has 0 unspecified atom stereocenters. The lowest BCUT2D eigenvalue weighted by atomic mass is 9.82. The Hall–Kier alpha value is -2.34. The normalized spacial score (nSPS) is 18.8. The number of nitrogens with zero attached hydrogens (tertiary/aromatic N) is 1. The monoisotopic (exact) mass is 473 g/mol. The minimum absolute atomic E-state index is 0.0128. The Kier molecular flexibility index (Phi) is 7.19. The van der Waals surface area contributed by atoms with Crippen molar-refractivity contribution in [3.63, 3.8) is 0 Å². The second kappa shape index (κ2) is 9.65. The van der Waals surface area contributed by atoms with E-state index in [1.807, 2.05) is 32.0 Å². The first kappa shape index (κ1) is 22.3. The van der Waals surface area contributed by atoms with Gasteiger partial charge in [0.05, 0.1) is 15.7 Å². The summed E-state index contributed by atoms with van der Waals surface area (Å²) in [6.45, 7) is 6.05. The smallest absolute Gasteiger partial charge is 0.337 e. The summed E-state index contributed by atoms with van der Waals surface area (Å²) in [4.78, 5) is 27.0. The average Bonchev–Trinajstić information content (AvgIpc) is 2.71. The molecule has 1 aliphatic rings. The van der Waals surface area contributed by atoms with Crippen LogP contribution in [-0.2, 0) is 4.79 Å². The molecule has 2 aromatic rings. The Bertz CT molecular complexity index is 919. The molecule has 0 heterocycles. The third kappa shape index (κ3) is 5.04. The summed E-state index contributed by atoms with van der Waals surface area (Å²) >= 11 is 3.43. The van der Waals surface area contributed by atoms with Crippen molar-refractivity contribution in [2.24, 2.45) is 11.8 Å². The van der Waals surface area contributed by atoms with Crippen LogP contribution in [0.5, 0.6) is 11.5 Å². The minimum Gasteiger partial charge on any atom is -0.478 e. The fraction of sp³-hybridized carbons (Fsp3) is 0.417. The predicted molar refractivity (Wildman–Crippen MR) is 121 cm³/mol. The molecule has 1 saturated carbocycles. The van der Waals surface area contributed by atoms with E-state index in [2.05, 4.69) is 22.9 Å². The highest BCUT2D eigenvalue weighted by atomic mass is 79.9. The Morgan fingerprint density at radius 1 is 1.10 bits per heavy atom. The van der Waals surface area contributed by atoms with Gasteiger partial charge in [-0.2, -0.15) is 0 Å². The number of carbonyl (C=O) groups excluding carboxylic acids is 1. The standard InChI is InChI=1S/C24H28BrNO4/c1-15(2)26(23(27)17-10-8-16(3)9-11-17)21-13-12-18(14-19(21)24(28)29)30-22-7-5-4-6-20(22)25/h4-7,12-17H,8-11H2,1-3H3,(H,28,29). The van der Waals surface area contributed by atoms with Crippen LogP contribution in [0, 0.1) is 11.8 Å². The summed E-state index contributed by atoms with van der Waals surface area (Å²) in [5.41, 5.74) is 0.478. The highest BCUT2D eigenvalue weighted by Crippen LogP contribution is 2.35. The van der Waals surface area contributed by atoms with Gasteiger partial charge in [0.25, 0.3) is 0 Å². The van der Waals surface area contributed by atoms with Gasteiger partial charge in [0, 0.05) is 12.0 Å². The quantitative estimate of drug-likeness (QED) is 0.519. The number of halogens is 1. The van der Waals surface area contributed by atoms with E-state index in [0.29, 0.717) is 23.1 Å². The molecule has 0 saturated heterocycles. The van der Waals surface area contributed by atoms with Crippen molar-refractivity contribution in [2.45, 2.75) is 52.5 Å². The van der Waals surface area contributed by atoms with Gasteiger partial charge in [0.15, 0.2) is 0 Å². The molecule has 0 atom stereocenters. The van der Waals surface area contributed by atoms with Crippen molar-refractivity contribution in [3.8, 4) is 11.5 Å². The maximum Gasteiger partial charge on any atom is 0.337 e. The van der Waals surface area contributed by atoms with Crippen LogP contribution in [0.3, 0.4) is 0 Å². The zero-order chi connectivity index (χ0) is 21.8. The minimum atomic E-state index is -1.08. The second-order valence-corrected chi connectivity index (χ2v) is 9.13. The van der Waals surface area contributed by atoms with E-state index < -0.39 is 5.97 Å². The maximum absolute atomic E-state index is 13.3. The predicted octanol–water partition coefficient (Wildman–Crippen LogP) is 6.51. The number of aromatic carboxylic acids is 1. The molecule has 1 fully saturated rings. The lowest BCUT2D eigenvalue weighted by molar-refractivity contribution is -0.123. The maximum atomic E-state index is 13.3. The Morgan fingerprint density at radius 2 is 1.77 bits per heavy atom. The number of hydrogen-bond donors (Lipinski definition) is 1. The van der Waals surface area contributed by atoms with Gasteiger partial charge in [0.1, 0.15) is 11.5 Å². The summed E-state index contributed by atoms with van der Waals surface area (Å²) in [7, 11) is 0. The molecule has 1 aliphatic carbocycles. The number of rotatable bonds is 6. The molecule has 160 valence electrons. The molecular weight excluding hydrogens is 446 g/mol. The van der Waals surface area contributed by atoms with Crippen molar-refractivity contribution in [3.05, 3.63) is 52.5 Å². The van der Waals surface area contributed by atoms with Crippen LogP contribution < -0.4 is 9.64 Å². The first-order chi connectivity index (χ1) is 14.3. The number of hydrogen-bond acceptors (Lipinski definition) is 3. The van der Waals surface area contributed by atoms with E-state index in [9.17, 15) is 14.7 Å². The van der Waals surface area contributed by atoms with E-state index in [0.717, 1.165) is 30.2 Å². The van der Waals surface area contributed by atoms with Crippen LogP contribution in [0.2, 0.25) is 0 Å². The molecule has 3 rings (SSSR count). The fourth-order valence-electron chi connectivity index (χ4n) is 3.97. The van der Waals surface area contributed by atoms with Gasteiger partial charge in [-0.15, -0.1) is 0 Å². The Morgan fingerprint density at radius 3 is 2.37 bits per heavy atom. The summed E-state index contributed by atoms with van der Waals surface area (Å²) in [5, 5.41) is 9.87. The van der Waals surface area contributed by atoms with Crippen LogP contribution in [0.4, 0.5) is 5.69 Å². The van der Waals surface area contributed by atoms with E-state index >= 15 is 0 Å². The number of benzene rings is 2. The van der Waals surface area contributed by atoms with Crippen molar-refractivity contribution in [1.29, 1.82) is 0 Å². The summed E-state index contributed by atoms with van der Waals surface area (Å²) in [6, 6.07) is 12.1. The Balaban J connectivity index is 1.93. The van der Waals surface area contributed by atoms with Gasteiger partial charge in [0.2, 0.25) is 5.91 Å². The topological polar surface area (TPSA) is 66.8 Å². The van der Waals surface area contributed by atoms with Gasteiger partial charge < -0.3 is 14.7 Å². The number of carbonyl (C=O) groups is 2. The van der Waals surface area contributed by atoms with Gasteiger partial charge in [-0.1, -0.05) is 19.1 Å². The number of carboxylic acid groups (broad SMARTS) is 1. The number of ether oxygens (including phenoxy) is 1. The lowest BCUT2D eigenvalue weighted by Gasteiger charge is -2.34. The van der Waals surface area contributed by atoms with Crippen LogP contribution in [0.15, 0.2) is 46.9 Å². The van der Waals surface area contributed by atoms with Crippen LogP contribution in [-0.4, -0.2) is 23.0 Å². The highest BCUT2D eigenvalue weighted by molar-refractivity contribution is 9.10. The zero-order valence-corrected chi connectivity index (χ0v) is 19.2. The molecule has 5 nitrogen and oxygen atoms in total. The highest BCUT2D eigenvalue weighted by Gasteiger charge is 2.32. The molecule has 1 N–H and O–H groups in total. The summed E-state index contributed by atoms with van der Waals surface area (Å²) < 4.78 is 6.64. The molecule has 6 heteroatoms. The summed E-state index contributed by atoms with van der Waals surface area (Å²) in [6.07, 6.45) is 3.78. The molecule has 0 aliphatic heterocycles. The molecule has 0 aromatic heterocycles. The number of para-hydroxylation sites is 1. The third-order valence-corrected chi connectivity index (χ3v) is 6.30. The van der Waals surface area contributed by atoms with Crippen molar-refractivity contribution in [1.82, 2.24) is 0 Å². The number of amides is 1. The SMILES string of the molecule is CC1CCC(C(=O)N(c2ccc(Oc3ccccc3Br)cc2C(=O)O)C(C)C)CC1. The first-order valence-corrected chi connectivity index (χ1v) is 11.2. The van der Waals surface area contributed by atoms with Crippen molar-refractivity contribution < 1.29 is 19.4 Å². The van der Waals surface area contributed by atoms with E-state index in [4.69, 9.17) is 4.74 Å². The largest absolute Gasteiger partial charge is 0.478 e. The molecule has 2 aromatic carbocycles. The third-order valence-electron chi connectivity index (χ3n) is 5.64. The molecule has 30 heavy (non-hydrogen) atoms. The van der Waals surface area contributed by atoms with Crippen molar-refractivity contribution in [2.75, 3.05) is 4.90 Å². The molecular formula is C24H28BrNO4. The van der Waals surface area contributed by atoms with Gasteiger partial charge in [-0.3, -0.25) is 4.79 Å². The lowest BCUT2D eigenvalue weighted by Crippen LogP contribution is -2.42. The summed E-state index contributed by atoms with van der Waals surface area (Å²) in [5.74, 6) is 0.517. The van der Waals surface area contributed by atoms with E-state index in [-0.39, 0.29) is 23.4 Å². The molecule has 1 amide bonds. The average molecular weight is 474 g/mol. The zero-order valence-electron chi connectivity index (χ0n) is 17.6. The van der Waals surface area contributed by atoms with Crippen LogP contribution >= 0.6 is 15.9 Å². The number of carboxylic acids is 1. The second-order valence-electron chi connectivity index (χ2n) is 8.28. The fourth-order valence-corrected chi connectivity index (χ4v) is 4.34. The van der Waals surface area contributed by atoms with E-state index in [1.165, 1.54) is 6.07 Å². The molecule has 0 spiro atoms. The molecule has 0 bridgehead atoms. The number of anilines is 1. The first-order valence-electron chi connectivity index (χ1n) is 10.4. The molecule has 0 radical (unpaired) electrons. The van der Waals surface area contributed by atoms with Gasteiger partial charge >= 0.3 is 5.97 Å². The van der Waals surface area contributed by atoms with Crippen molar-refractivity contribution >= 4 is 33.5 Å². The van der Waals surface area contributed by atoms with Gasteiger partial charge in [-0.25, -0.2) is 4.79 Å². The van der Waals surface area contributed by atoms with Crippen LogP contribution in [0.25, 0.3) is 0 Å². The Labute approximate surface area is 186 Å². The van der Waals surface area contributed by atoms with Gasteiger partial charge in [-0.05, 0) is 91.7 Å².